The Labute approximate surface area is 104 Å². The van der Waals surface area contributed by atoms with Crippen LogP contribution in [0.4, 0.5) is 0 Å². The number of hydrogen-bond donors (Lipinski definition) is 3. The predicted molar refractivity (Wildman–Crippen MR) is 63.6 cm³/mol. The molecule has 1 saturated carbocycles. The molecule has 1 aliphatic heterocycles. The second kappa shape index (κ2) is 4.92. The Balaban J connectivity index is 2.30. The highest BCUT2D eigenvalue weighted by molar-refractivity contribution is 6.32. The normalized spacial score (nSPS) is 27.1. The van der Waals surface area contributed by atoms with Crippen LogP contribution in [0.5, 0.6) is 0 Å². The van der Waals surface area contributed by atoms with Crippen LogP contribution in [0.15, 0.2) is 15.7 Å². The first-order chi connectivity index (χ1) is 8.19. The summed E-state index contributed by atoms with van der Waals surface area (Å²) >= 11 is 6.01. The van der Waals surface area contributed by atoms with Crippen molar-refractivity contribution in [1.29, 1.82) is 5.26 Å². The summed E-state index contributed by atoms with van der Waals surface area (Å²) < 4.78 is 0. The fourth-order valence-corrected chi connectivity index (χ4v) is 2.04. The highest BCUT2D eigenvalue weighted by atomic mass is 35.5. The maximum atomic E-state index is 9.03. The molecule has 0 aromatic carbocycles. The smallest absolute Gasteiger partial charge is 0.161 e. The minimum Gasteiger partial charge on any atom is -0.394 e. The van der Waals surface area contributed by atoms with Gasteiger partial charge in [-0.2, -0.15) is 5.26 Å². The second-order valence-corrected chi connectivity index (χ2v) is 4.44. The number of nitriles is 1. The predicted octanol–water partition coefficient (Wildman–Crippen LogP) is -0.134. The minimum atomic E-state index is -0.114. The van der Waals surface area contributed by atoms with Gasteiger partial charge in [0.05, 0.1) is 13.2 Å². The highest BCUT2D eigenvalue weighted by Gasteiger charge is 2.40. The quantitative estimate of drug-likeness (QED) is 0.482. The van der Waals surface area contributed by atoms with E-state index in [0.29, 0.717) is 11.8 Å². The average Bonchev–Trinajstić information content (AvgIpc) is 3.13. The summed E-state index contributed by atoms with van der Waals surface area (Å²) in [5.74, 6) is 6.74. The van der Waals surface area contributed by atoms with E-state index in [1.807, 2.05) is 6.07 Å². The molecule has 7 heteroatoms. The van der Waals surface area contributed by atoms with Crippen molar-refractivity contribution < 1.29 is 5.11 Å². The van der Waals surface area contributed by atoms with Crippen LogP contribution in [0.25, 0.3) is 0 Å². The lowest BCUT2D eigenvalue weighted by Crippen LogP contribution is -2.57. The van der Waals surface area contributed by atoms with E-state index >= 15 is 0 Å². The highest BCUT2D eigenvalue weighted by Crippen LogP contribution is 2.36. The van der Waals surface area contributed by atoms with Gasteiger partial charge in [0.2, 0.25) is 0 Å². The van der Waals surface area contributed by atoms with Crippen molar-refractivity contribution in [2.75, 3.05) is 13.2 Å². The molecule has 0 radical (unpaired) electrons. The first-order valence-electron chi connectivity index (χ1n) is 5.45. The van der Waals surface area contributed by atoms with Crippen molar-refractivity contribution in [3.8, 4) is 6.07 Å². The standard InChI is InChI=1S/C10H14ClN5O/c11-8-7(5-12)10(14-3-4-17)16(13)9(15-8)6-1-2-6/h6,9,15,17H,1-4,13H2. The summed E-state index contributed by atoms with van der Waals surface area (Å²) in [5.41, 5.74) is 0.222. The van der Waals surface area contributed by atoms with Crippen LogP contribution in [0.3, 0.4) is 0 Å². The van der Waals surface area contributed by atoms with Crippen LogP contribution in [0.1, 0.15) is 12.8 Å². The number of halogens is 1. The van der Waals surface area contributed by atoms with Crippen molar-refractivity contribution in [1.82, 2.24) is 10.3 Å². The molecule has 2 rings (SSSR count). The van der Waals surface area contributed by atoms with E-state index < -0.39 is 0 Å². The Morgan fingerprint density at radius 3 is 2.88 bits per heavy atom. The number of hydrazine groups is 1. The molecule has 0 spiro atoms. The van der Waals surface area contributed by atoms with Gasteiger partial charge in [-0.1, -0.05) is 11.6 Å². The first kappa shape index (κ1) is 12.2. The molecule has 0 amide bonds. The maximum Gasteiger partial charge on any atom is 0.161 e. The van der Waals surface area contributed by atoms with E-state index in [1.165, 1.54) is 5.01 Å². The molecular weight excluding hydrogens is 242 g/mol. The monoisotopic (exact) mass is 255 g/mol. The van der Waals surface area contributed by atoms with E-state index in [-0.39, 0.29) is 30.0 Å². The summed E-state index contributed by atoms with van der Waals surface area (Å²) in [6.07, 6.45) is 2.06. The van der Waals surface area contributed by atoms with Gasteiger partial charge in [-0.3, -0.25) is 10.0 Å². The lowest BCUT2D eigenvalue weighted by Gasteiger charge is -2.35. The third-order valence-corrected chi connectivity index (χ3v) is 3.10. The number of rotatable bonds is 3. The summed E-state index contributed by atoms with van der Waals surface area (Å²) in [5, 5.41) is 22.6. The number of nitrogens with one attached hydrogen (secondary N) is 1. The third-order valence-electron chi connectivity index (χ3n) is 2.80. The number of nitrogens with zero attached hydrogens (tertiary/aromatic N) is 3. The molecule has 2 aliphatic rings. The molecular formula is C10H14ClN5O. The van der Waals surface area contributed by atoms with E-state index in [0.717, 1.165) is 12.8 Å². The lowest BCUT2D eigenvalue weighted by molar-refractivity contribution is 0.249. The van der Waals surface area contributed by atoms with E-state index in [1.54, 1.807) is 0 Å². The number of amidine groups is 1. The number of aliphatic imine (C=N–C) groups is 1. The largest absolute Gasteiger partial charge is 0.394 e. The van der Waals surface area contributed by atoms with Crippen LogP contribution in [0, 0.1) is 17.2 Å². The Hall–Kier alpha value is -1.29. The number of aliphatic hydroxyl groups excluding tert-OH is 1. The average molecular weight is 256 g/mol. The molecule has 92 valence electrons. The van der Waals surface area contributed by atoms with Gasteiger partial charge in [-0.05, 0) is 18.8 Å². The topological polar surface area (TPSA) is 97.7 Å². The summed E-state index contributed by atoms with van der Waals surface area (Å²) in [6, 6.07) is 1.97. The summed E-state index contributed by atoms with van der Waals surface area (Å²) in [7, 11) is 0. The van der Waals surface area contributed by atoms with E-state index in [2.05, 4.69) is 10.3 Å². The Morgan fingerprint density at radius 1 is 1.65 bits per heavy atom. The van der Waals surface area contributed by atoms with Crippen molar-refractivity contribution in [3.05, 3.63) is 10.7 Å². The molecule has 6 nitrogen and oxygen atoms in total. The number of hydrogen-bond acceptors (Lipinski definition) is 5. The molecule has 1 aliphatic carbocycles. The molecule has 17 heavy (non-hydrogen) atoms. The van der Waals surface area contributed by atoms with Crippen molar-refractivity contribution in [2.24, 2.45) is 16.8 Å². The van der Waals surface area contributed by atoms with Crippen LogP contribution in [0.2, 0.25) is 0 Å². The second-order valence-electron chi connectivity index (χ2n) is 4.06. The zero-order valence-electron chi connectivity index (χ0n) is 9.23. The van der Waals surface area contributed by atoms with Crippen LogP contribution >= 0.6 is 11.6 Å². The zero-order valence-corrected chi connectivity index (χ0v) is 9.98. The SMILES string of the molecule is N#CC1=C(Cl)NC(C2CC2)N(N)C1=NCCO. The number of nitrogens with two attached hydrogens (primary N) is 1. The van der Waals surface area contributed by atoms with Gasteiger partial charge in [0.1, 0.15) is 23.0 Å². The van der Waals surface area contributed by atoms with Gasteiger partial charge in [-0.25, -0.2) is 5.84 Å². The van der Waals surface area contributed by atoms with Gasteiger partial charge in [0.15, 0.2) is 5.84 Å². The molecule has 0 saturated heterocycles. The fourth-order valence-electron chi connectivity index (χ4n) is 1.80. The Morgan fingerprint density at radius 2 is 2.35 bits per heavy atom. The Bertz CT molecular complexity index is 409. The Kier molecular flexibility index (Phi) is 3.52. The van der Waals surface area contributed by atoms with E-state index in [4.69, 9.17) is 27.8 Å². The first-order valence-corrected chi connectivity index (χ1v) is 5.83. The van der Waals surface area contributed by atoms with E-state index in [9.17, 15) is 0 Å². The summed E-state index contributed by atoms with van der Waals surface area (Å²) in [4.78, 5) is 4.11. The van der Waals surface area contributed by atoms with Crippen LogP contribution in [-0.2, 0) is 0 Å². The molecule has 1 atom stereocenters. The number of aliphatic hydroxyl groups is 1. The molecule has 1 fully saturated rings. The van der Waals surface area contributed by atoms with Gasteiger partial charge < -0.3 is 10.4 Å². The molecule has 1 unspecified atom stereocenters. The van der Waals surface area contributed by atoms with Crippen LogP contribution < -0.4 is 11.2 Å². The lowest BCUT2D eigenvalue weighted by atomic mass is 10.2. The molecule has 1 heterocycles. The van der Waals surface area contributed by atoms with Gasteiger partial charge >= 0.3 is 0 Å². The summed E-state index contributed by atoms with van der Waals surface area (Å²) in [6.45, 7) is 0.116. The molecule has 4 N–H and O–H groups in total. The molecule has 0 aromatic heterocycles. The zero-order chi connectivity index (χ0) is 12.4. The molecule has 0 bridgehead atoms. The van der Waals surface area contributed by atoms with Gasteiger partial charge in [-0.15, -0.1) is 0 Å². The fraction of sp³-hybridized carbons (Fsp3) is 0.600. The van der Waals surface area contributed by atoms with Crippen molar-refractivity contribution >= 4 is 17.4 Å². The molecule has 0 aromatic rings. The van der Waals surface area contributed by atoms with Crippen molar-refractivity contribution in [2.45, 2.75) is 19.0 Å². The minimum absolute atomic E-state index is 0.0881. The van der Waals surface area contributed by atoms with Gasteiger partial charge in [0, 0.05) is 0 Å². The third kappa shape index (κ3) is 2.36. The van der Waals surface area contributed by atoms with Gasteiger partial charge in [0.25, 0.3) is 0 Å². The maximum absolute atomic E-state index is 9.03. The van der Waals surface area contributed by atoms with Crippen LogP contribution in [-0.4, -0.2) is 35.3 Å². The van der Waals surface area contributed by atoms with Crippen molar-refractivity contribution in [3.63, 3.8) is 0 Å².